The minimum absolute atomic E-state index is 0.432. The van der Waals surface area contributed by atoms with Crippen molar-refractivity contribution in [2.45, 2.75) is 32.7 Å². The minimum Gasteiger partial charge on any atom is -0.368 e. The lowest BCUT2D eigenvalue weighted by Crippen LogP contribution is -2.16. The predicted octanol–water partition coefficient (Wildman–Crippen LogP) is 3.82. The quantitative estimate of drug-likeness (QED) is 0.859. The molecular formula is C16H20N2. The Bertz CT molecular complexity index is 462. The summed E-state index contributed by atoms with van der Waals surface area (Å²) in [5, 5.41) is 3.41. The van der Waals surface area contributed by atoms with Crippen LogP contribution in [0.2, 0.25) is 0 Å². The molecule has 1 unspecified atom stereocenters. The molecule has 0 amide bonds. The number of hydrogen-bond donors (Lipinski definition) is 1. The van der Waals surface area contributed by atoms with Gasteiger partial charge in [0.1, 0.15) is 5.82 Å². The molecule has 0 spiro atoms. The zero-order valence-corrected chi connectivity index (χ0v) is 11.1. The van der Waals surface area contributed by atoms with E-state index in [-0.39, 0.29) is 0 Å². The number of rotatable bonds is 5. The van der Waals surface area contributed by atoms with Crippen molar-refractivity contribution in [3.63, 3.8) is 0 Å². The Kier molecular flexibility index (Phi) is 4.35. The summed E-state index contributed by atoms with van der Waals surface area (Å²) in [5.74, 6) is 0.953. The van der Waals surface area contributed by atoms with Gasteiger partial charge in [0.05, 0.1) is 0 Å². The molecule has 2 heteroatoms. The monoisotopic (exact) mass is 240 g/mol. The van der Waals surface area contributed by atoms with E-state index in [2.05, 4.69) is 48.4 Å². The fourth-order valence-electron chi connectivity index (χ4n) is 1.91. The van der Waals surface area contributed by atoms with Crippen LogP contribution >= 0.6 is 0 Å². The van der Waals surface area contributed by atoms with Crippen LogP contribution in [-0.4, -0.2) is 11.0 Å². The van der Waals surface area contributed by atoms with Crippen LogP contribution < -0.4 is 5.32 Å². The molecule has 2 rings (SSSR count). The first kappa shape index (κ1) is 12.6. The van der Waals surface area contributed by atoms with Gasteiger partial charge < -0.3 is 5.32 Å². The zero-order valence-electron chi connectivity index (χ0n) is 11.1. The van der Waals surface area contributed by atoms with E-state index in [1.165, 1.54) is 11.1 Å². The predicted molar refractivity (Wildman–Crippen MR) is 76.8 cm³/mol. The molecule has 0 aliphatic heterocycles. The van der Waals surface area contributed by atoms with Crippen molar-refractivity contribution in [3.8, 4) is 0 Å². The van der Waals surface area contributed by atoms with Crippen LogP contribution in [0, 0.1) is 6.92 Å². The van der Waals surface area contributed by atoms with Gasteiger partial charge in [-0.1, -0.05) is 35.9 Å². The molecule has 18 heavy (non-hydrogen) atoms. The SMILES string of the molecule is Cc1ccc(CCC(C)Nc2ccccn2)cc1. The van der Waals surface area contributed by atoms with E-state index < -0.39 is 0 Å². The number of anilines is 1. The van der Waals surface area contributed by atoms with Crippen LogP contribution in [0.15, 0.2) is 48.7 Å². The number of benzene rings is 1. The first-order valence-corrected chi connectivity index (χ1v) is 6.47. The highest BCUT2D eigenvalue weighted by atomic mass is 15.0. The second-order valence-electron chi connectivity index (χ2n) is 4.78. The van der Waals surface area contributed by atoms with Gasteiger partial charge in [0.25, 0.3) is 0 Å². The van der Waals surface area contributed by atoms with Crippen LogP contribution in [0.4, 0.5) is 5.82 Å². The summed E-state index contributed by atoms with van der Waals surface area (Å²) in [6.07, 6.45) is 4.02. The number of aryl methyl sites for hydroxylation is 2. The molecule has 0 saturated carbocycles. The van der Waals surface area contributed by atoms with Crippen LogP contribution in [0.3, 0.4) is 0 Å². The molecule has 1 aromatic carbocycles. The van der Waals surface area contributed by atoms with E-state index in [0.29, 0.717) is 6.04 Å². The van der Waals surface area contributed by atoms with Crippen LogP contribution in [0.5, 0.6) is 0 Å². The summed E-state index contributed by atoms with van der Waals surface area (Å²) in [5.41, 5.74) is 2.72. The van der Waals surface area contributed by atoms with Gasteiger partial charge in [-0.15, -0.1) is 0 Å². The first-order valence-electron chi connectivity index (χ1n) is 6.47. The van der Waals surface area contributed by atoms with Gasteiger partial charge in [-0.2, -0.15) is 0 Å². The third-order valence-electron chi connectivity index (χ3n) is 3.05. The Balaban J connectivity index is 1.81. The summed E-state index contributed by atoms with van der Waals surface area (Å²) in [6, 6.07) is 15.1. The molecule has 0 fully saturated rings. The van der Waals surface area contributed by atoms with Crippen molar-refractivity contribution < 1.29 is 0 Å². The molecule has 0 aliphatic carbocycles. The molecule has 2 aromatic rings. The maximum absolute atomic E-state index is 4.27. The van der Waals surface area contributed by atoms with Crippen molar-refractivity contribution >= 4 is 5.82 Å². The maximum atomic E-state index is 4.27. The minimum atomic E-state index is 0.432. The fraction of sp³-hybridized carbons (Fsp3) is 0.312. The van der Waals surface area contributed by atoms with Crippen molar-refractivity contribution in [1.29, 1.82) is 0 Å². The molecule has 1 N–H and O–H groups in total. The normalized spacial score (nSPS) is 12.1. The largest absolute Gasteiger partial charge is 0.368 e. The van der Waals surface area contributed by atoms with Crippen molar-refractivity contribution in [2.24, 2.45) is 0 Å². The molecule has 1 atom stereocenters. The van der Waals surface area contributed by atoms with Gasteiger partial charge in [0.15, 0.2) is 0 Å². The van der Waals surface area contributed by atoms with E-state index in [1.807, 2.05) is 24.4 Å². The Labute approximate surface area is 109 Å². The lowest BCUT2D eigenvalue weighted by atomic mass is 10.0. The second kappa shape index (κ2) is 6.20. The topological polar surface area (TPSA) is 24.9 Å². The Morgan fingerprint density at radius 3 is 2.56 bits per heavy atom. The molecule has 2 nitrogen and oxygen atoms in total. The molecule has 0 radical (unpaired) electrons. The third-order valence-corrected chi connectivity index (χ3v) is 3.05. The Hall–Kier alpha value is -1.83. The van der Waals surface area contributed by atoms with E-state index in [0.717, 1.165) is 18.7 Å². The van der Waals surface area contributed by atoms with Gasteiger partial charge >= 0.3 is 0 Å². The number of hydrogen-bond acceptors (Lipinski definition) is 2. The highest BCUT2D eigenvalue weighted by Crippen LogP contribution is 2.10. The van der Waals surface area contributed by atoms with Gasteiger partial charge in [0, 0.05) is 12.2 Å². The molecule has 1 heterocycles. The number of nitrogens with zero attached hydrogens (tertiary/aromatic N) is 1. The molecule has 94 valence electrons. The summed E-state index contributed by atoms with van der Waals surface area (Å²) in [7, 11) is 0. The average molecular weight is 240 g/mol. The van der Waals surface area contributed by atoms with Crippen molar-refractivity contribution in [2.75, 3.05) is 5.32 Å². The number of aromatic nitrogens is 1. The van der Waals surface area contributed by atoms with Crippen molar-refractivity contribution in [3.05, 3.63) is 59.8 Å². The average Bonchev–Trinajstić information content (AvgIpc) is 2.39. The third kappa shape index (κ3) is 3.88. The van der Waals surface area contributed by atoms with Gasteiger partial charge in [-0.3, -0.25) is 0 Å². The van der Waals surface area contributed by atoms with Crippen LogP contribution in [0.1, 0.15) is 24.5 Å². The standard InChI is InChI=1S/C16H20N2/c1-13-6-9-15(10-7-13)11-8-14(2)18-16-5-3-4-12-17-16/h3-7,9-10,12,14H,8,11H2,1-2H3,(H,17,18). The van der Waals surface area contributed by atoms with Gasteiger partial charge in [-0.25, -0.2) is 4.98 Å². The lowest BCUT2D eigenvalue weighted by Gasteiger charge is -2.14. The number of nitrogens with one attached hydrogen (secondary N) is 1. The smallest absolute Gasteiger partial charge is 0.126 e. The molecule has 0 aliphatic rings. The van der Waals surface area contributed by atoms with Crippen molar-refractivity contribution in [1.82, 2.24) is 4.98 Å². The zero-order chi connectivity index (χ0) is 12.8. The Morgan fingerprint density at radius 2 is 1.89 bits per heavy atom. The summed E-state index contributed by atoms with van der Waals surface area (Å²) in [6.45, 7) is 4.32. The van der Waals surface area contributed by atoms with E-state index >= 15 is 0 Å². The first-order chi connectivity index (χ1) is 8.74. The molecule has 0 bridgehead atoms. The highest BCUT2D eigenvalue weighted by Gasteiger charge is 2.03. The van der Waals surface area contributed by atoms with Gasteiger partial charge in [0.2, 0.25) is 0 Å². The van der Waals surface area contributed by atoms with Crippen LogP contribution in [-0.2, 0) is 6.42 Å². The lowest BCUT2D eigenvalue weighted by molar-refractivity contribution is 0.703. The summed E-state index contributed by atoms with van der Waals surface area (Å²) < 4.78 is 0. The number of pyridine rings is 1. The second-order valence-corrected chi connectivity index (χ2v) is 4.78. The molecule has 1 aromatic heterocycles. The maximum Gasteiger partial charge on any atom is 0.126 e. The molecular weight excluding hydrogens is 220 g/mol. The van der Waals surface area contributed by atoms with Crippen LogP contribution in [0.25, 0.3) is 0 Å². The fourth-order valence-corrected chi connectivity index (χ4v) is 1.91. The van der Waals surface area contributed by atoms with Gasteiger partial charge in [-0.05, 0) is 44.4 Å². The van der Waals surface area contributed by atoms with E-state index in [4.69, 9.17) is 0 Å². The summed E-state index contributed by atoms with van der Waals surface area (Å²) >= 11 is 0. The van der Waals surface area contributed by atoms with E-state index in [1.54, 1.807) is 0 Å². The Morgan fingerprint density at radius 1 is 1.11 bits per heavy atom. The summed E-state index contributed by atoms with van der Waals surface area (Å²) in [4.78, 5) is 4.27. The molecule has 0 saturated heterocycles. The van der Waals surface area contributed by atoms with E-state index in [9.17, 15) is 0 Å². The highest BCUT2D eigenvalue weighted by molar-refractivity contribution is 5.34.